The lowest BCUT2D eigenvalue weighted by Crippen LogP contribution is -2.26. The summed E-state index contributed by atoms with van der Waals surface area (Å²) >= 11 is 0. The van der Waals surface area contributed by atoms with E-state index in [1.165, 1.54) is 0 Å². The van der Waals surface area contributed by atoms with Crippen LogP contribution in [0.5, 0.6) is 0 Å². The van der Waals surface area contributed by atoms with Gasteiger partial charge in [-0.3, -0.25) is 0 Å². The minimum Gasteiger partial charge on any atom is -0.395 e. The fourth-order valence-corrected chi connectivity index (χ4v) is 1.29. The van der Waals surface area contributed by atoms with Gasteiger partial charge in [-0.15, -0.1) is 0 Å². The molecular weight excluding hydrogens is 178 g/mol. The number of hydrogen-bond acceptors (Lipinski definition) is 3. The predicted octanol–water partition coefficient (Wildman–Crippen LogP) is 0.738. The second-order valence-corrected chi connectivity index (χ2v) is 3.60. The second-order valence-electron chi connectivity index (χ2n) is 3.60. The minimum absolute atomic E-state index is 0.0943. The Hall–Kier alpha value is -0.900. The van der Waals surface area contributed by atoms with Crippen LogP contribution in [0.25, 0.3) is 0 Å². The summed E-state index contributed by atoms with van der Waals surface area (Å²) in [6.45, 7) is 1.90. The Morgan fingerprint density at radius 3 is 2.36 bits per heavy atom. The molecule has 0 unspecified atom stereocenters. The third kappa shape index (κ3) is 3.10. The minimum atomic E-state index is -0.585. The molecule has 0 heterocycles. The van der Waals surface area contributed by atoms with Crippen molar-refractivity contribution < 1.29 is 10.2 Å². The summed E-state index contributed by atoms with van der Waals surface area (Å²) in [6.07, 6.45) is -0.197. The van der Waals surface area contributed by atoms with Crippen molar-refractivity contribution in [2.75, 3.05) is 6.61 Å². The number of benzene rings is 1. The van der Waals surface area contributed by atoms with Crippen LogP contribution >= 0.6 is 0 Å². The molecule has 1 aromatic carbocycles. The summed E-state index contributed by atoms with van der Waals surface area (Å²) in [7, 11) is 0. The van der Waals surface area contributed by atoms with Gasteiger partial charge >= 0.3 is 0 Å². The van der Waals surface area contributed by atoms with E-state index in [9.17, 15) is 5.11 Å². The highest BCUT2D eigenvalue weighted by atomic mass is 16.3. The molecule has 78 valence electrons. The van der Waals surface area contributed by atoms with Crippen molar-refractivity contribution in [3.05, 3.63) is 35.4 Å². The van der Waals surface area contributed by atoms with E-state index in [0.717, 1.165) is 11.1 Å². The molecule has 0 aliphatic heterocycles. The van der Waals surface area contributed by atoms with Crippen molar-refractivity contribution in [2.24, 2.45) is 5.73 Å². The predicted molar refractivity (Wildman–Crippen MR) is 55.8 cm³/mol. The first-order valence-electron chi connectivity index (χ1n) is 4.74. The van der Waals surface area contributed by atoms with Crippen molar-refractivity contribution in [3.8, 4) is 0 Å². The molecule has 3 heteroatoms. The molecule has 0 aromatic heterocycles. The Bertz CT molecular complexity index is 271. The summed E-state index contributed by atoms with van der Waals surface area (Å²) in [5, 5.41) is 18.5. The van der Waals surface area contributed by atoms with Crippen LogP contribution in [0.15, 0.2) is 24.3 Å². The standard InChI is InChI=1S/C11H17NO2/c1-8-2-4-9(5-3-8)11(14)6-10(12)7-13/h2-5,10-11,13-14H,6-7,12H2,1H3/t10-,11-/m0/s1. The van der Waals surface area contributed by atoms with Crippen molar-refractivity contribution >= 4 is 0 Å². The lowest BCUT2D eigenvalue weighted by atomic mass is 10.0. The molecule has 0 saturated heterocycles. The molecule has 0 fully saturated rings. The van der Waals surface area contributed by atoms with E-state index < -0.39 is 6.10 Å². The van der Waals surface area contributed by atoms with E-state index in [-0.39, 0.29) is 12.6 Å². The van der Waals surface area contributed by atoms with Crippen molar-refractivity contribution in [3.63, 3.8) is 0 Å². The fourth-order valence-electron chi connectivity index (χ4n) is 1.29. The zero-order valence-electron chi connectivity index (χ0n) is 8.35. The molecule has 1 aromatic rings. The smallest absolute Gasteiger partial charge is 0.0805 e. The molecular formula is C11H17NO2. The maximum atomic E-state index is 9.72. The zero-order chi connectivity index (χ0) is 10.6. The summed E-state index contributed by atoms with van der Waals surface area (Å²) in [4.78, 5) is 0. The molecule has 4 N–H and O–H groups in total. The van der Waals surface area contributed by atoms with E-state index >= 15 is 0 Å². The van der Waals surface area contributed by atoms with E-state index in [0.29, 0.717) is 6.42 Å². The third-order valence-corrected chi connectivity index (χ3v) is 2.22. The number of aryl methyl sites for hydroxylation is 1. The van der Waals surface area contributed by atoms with Crippen molar-refractivity contribution in [1.82, 2.24) is 0 Å². The van der Waals surface area contributed by atoms with Gasteiger partial charge in [0.2, 0.25) is 0 Å². The monoisotopic (exact) mass is 195 g/mol. The van der Waals surface area contributed by atoms with Gasteiger partial charge in [-0.25, -0.2) is 0 Å². The topological polar surface area (TPSA) is 66.5 Å². The lowest BCUT2D eigenvalue weighted by Gasteiger charge is -2.14. The van der Waals surface area contributed by atoms with Gasteiger partial charge in [-0.1, -0.05) is 29.8 Å². The largest absolute Gasteiger partial charge is 0.395 e. The van der Waals surface area contributed by atoms with Crippen LogP contribution in [-0.2, 0) is 0 Å². The summed E-state index contributed by atoms with van der Waals surface area (Å²) < 4.78 is 0. The van der Waals surface area contributed by atoms with E-state index in [1.807, 2.05) is 31.2 Å². The number of nitrogens with two attached hydrogens (primary N) is 1. The molecule has 0 aliphatic rings. The van der Waals surface area contributed by atoms with Crippen molar-refractivity contribution in [2.45, 2.75) is 25.5 Å². The molecule has 3 nitrogen and oxygen atoms in total. The second kappa shape index (κ2) is 5.10. The molecule has 0 aliphatic carbocycles. The summed E-state index contributed by atoms with van der Waals surface area (Å²) in [6, 6.07) is 7.30. The van der Waals surface area contributed by atoms with Gasteiger partial charge in [-0.2, -0.15) is 0 Å². The van der Waals surface area contributed by atoms with Crippen molar-refractivity contribution in [1.29, 1.82) is 0 Å². The van der Waals surface area contributed by atoms with Gasteiger partial charge in [0.05, 0.1) is 12.7 Å². The highest BCUT2D eigenvalue weighted by molar-refractivity contribution is 5.23. The van der Waals surface area contributed by atoms with Gasteiger partial charge in [0, 0.05) is 6.04 Å². The zero-order valence-corrected chi connectivity index (χ0v) is 8.35. The molecule has 0 saturated carbocycles. The van der Waals surface area contributed by atoms with Gasteiger partial charge in [0.25, 0.3) is 0 Å². The summed E-state index contributed by atoms with van der Waals surface area (Å²) in [5.41, 5.74) is 7.54. The maximum absolute atomic E-state index is 9.72. The number of hydrogen-bond donors (Lipinski definition) is 3. The Balaban J connectivity index is 2.60. The fraction of sp³-hybridized carbons (Fsp3) is 0.455. The van der Waals surface area contributed by atoms with Gasteiger partial charge < -0.3 is 15.9 Å². The number of aliphatic hydroxyl groups is 2. The molecule has 0 bridgehead atoms. The van der Waals surface area contributed by atoms with Crippen LogP contribution in [-0.4, -0.2) is 22.9 Å². The van der Waals surface area contributed by atoms with E-state index in [1.54, 1.807) is 0 Å². The highest BCUT2D eigenvalue weighted by Gasteiger charge is 2.11. The lowest BCUT2D eigenvalue weighted by molar-refractivity contribution is 0.140. The maximum Gasteiger partial charge on any atom is 0.0805 e. The first kappa shape index (κ1) is 11.2. The SMILES string of the molecule is Cc1ccc([C@@H](O)C[C@H](N)CO)cc1. The van der Waals surface area contributed by atoms with Crippen LogP contribution in [0.3, 0.4) is 0 Å². The summed E-state index contributed by atoms with van der Waals surface area (Å²) in [5.74, 6) is 0. The van der Waals surface area contributed by atoms with E-state index in [4.69, 9.17) is 10.8 Å². The van der Waals surface area contributed by atoms with Gasteiger partial charge in [0.15, 0.2) is 0 Å². The average Bonchev–Trinajstić information content (AvgIpc) is 2.18. The third-order valence-electron chi connectivity index (χ3n) is 2.22. The Morgan fingerprint density at radius 1 is 1.29 bits per heavy atom. The first-order valence-corrected chi connectivity index (χ1v) is 4.74. The Labute approximate surface area is 84.2 Å². The average molecular weight is 195 g/mol. The van der Waals surface area contributed by atoms with Crippen LogP contribution in [0.2, 0.25) is 0 Å². The highest BCUT2D eigenvalue weighted by Crippen LogP contribution is 2.17. The number of aliphatic hydroxyl groups excluding tert-OH is 2. The molecule has 1 rings (SSSR count). The molecule has 0 spiro atoms. The quantitative estimate of drug-likeness (QED) is 0.663. The van der Waals surface area contributed by atoms with Crippen LogP contribution in [0.1, 0.15) is 23.7 Å². The normalized spacial score (nSPS) is 15.1. The molecule has 2 atom stereocenters. The first-order chi connectivity index (χ1) is 6.63. The number of rotatable bonds is 4. The van der Waals surface area contributed by atoms with Crippen LogP contribution in [0, 0.1) is 6.92 Å². The Kier molecular flexibility index (Phi) is 4.07. The van der Waals surface area contributed by atoms with E-state index in [2.05, 4.69) is 0 Å². The van der Waals surface area contributed by atoms with Gasteiger partial charge in [0.1, 0.15) is 0 Å². The van der Waals surface area contributed by atoms with Crippen LogP contribution < -0.4 is 5.73 Å². The molecule has 14 heavy (non-hydrogen) atoms. The van der Waals surface area contributed by atoms with Crippen LogP contribution in [0.4, 0.5) is 0 Å². The molecule has 0 amide bonds. The van der Waals surface area contributed by atoms with Gasteiger partial charge in [-0.05, 0) is 18.9 Å². The molecule has 0 radical (unpaired) electrons. The Morgan fingerprint density at radius 2 is 1.86 bits per heavy atom.